The first kappa shape index (κ1) is 23.9. The molecule has 0 radical (unpaired) electrons. The van der Waals surface area contributed by atoms with Gasteiger partial charge >= 0.3 is 0 Å². The Bertz CT molecular complexity index is 1540. The normalized spacial score (nSPS) is 19.5. The number of aliphatic hydroxyl groups excluding tert-OH is 1. The van der Waals surface area contributed by atoms with Crippen molar-refractivity contribution in [1.29, 1.82) is 0 Å². The highest BCUT2D eigenvalue weighted by atomic mass is 35.5. The van der Waals surface area contributed by atoms with E-state index < -0.39 is 6.10 Å². The van der Waals surface area contributed by atoms with Gasteiger partial charge in [-0.3, -0.25) is 14.3 Å². The maximum atomic E-state index is 13.1. The van der Waals surface area contributed by atoms with Gasteiger partial charge in [0.15, 0.2) is 0 Å². The standard InChI is InChI=1S/C27H28ClN5O4/c28-20-11-22-17(10-25(20)37-15-16-8-9-16)12-32(30-22)13-23-18-4-1-2-5-19(18)27(36)33(31-23)14-26(35)29-21-6-3-7-24(21)34/h1-2,4-5,10-12,16,21,24,34H,3,6-9,13-15H2,(H,29,35)/t21-,24-/m0/s1. The van der Waals surface area contributed by atoms with E-state index in [1.807, 2.05) is 24.4 Å². The van der Waals surface area contributed by atoms with E-state index in [0.717, 1.165) is 23.7 Å². The molecule has 0 unspecified atom stereocenters. The number of aliphatic hydroxyl groups is 1. The fourth-order valence-electron chi connectivity index (χ4n) is 4.94. The molecular formula is C27H28ClN5O4. The van der Waals surface area contributed by atoms with Gasteiger partial charge in [-0.05, 0) is 56.2 Å². The van der Waals surface area contributed by atoms with E-state index in [0.29, 0.717) is 52.7 Å². The van der Waals surface area contributed by atoms with Crippen molar-refractivity contribution in [3.05, 3.63) is 63.7 Å². The van der Waals surface area contributed by atoms with Crippen LogP contribution in [0.15, 0.2) is 47.4 Å². The minimum atomic E-state index is -0.553. The first-order chi connectivity index (χ1) is 17.9. The molecule has 2 aromatic heterocycles. The summed E-state index contributed by atoms with van der Waals surface area (Å²) >= 11 is 6.43. The number of nitrogens with one attached hydrogen (secondary N) is 1. The number of carbonyl (C=O) groups is 1. The van der Waals surface area contributed by atoms with Crippen molar-refractivity contribution in [3.8, 4) is 5.75 Å². The van der Waals surface area contributed by atoms with Crippen LogP contribution in [0, 0.1) is 5.92 Å². The van der Waals surface area contributed by atoms with Crippen LogP contribution >= 0.6 is 11.6 Å². The van der Waals surface area contributed by atoms with Gasteiger partial charge in [0.05, 0.1) is 46.9 Å². The minimum Gasteiger partial charge on any atom is -0.492 e. The smallest absolute Gasteiger partial charge is 0.275 e. The number of fused-ring (bicyclic) bond motifs is 2. The average Bonchev–Trinajstić information content (AvgIpc) is 3.51. The van der Waals surface area contributed by atoms with E-state index in [1.165, 1.54) is 17.5 Å². The third-order valence-corrected chi connectivity index (χ3v) is 7.45. The molecule has 2 aliphatic rings. The molecule has 6 rings (SSSR count). The highest BCUT2D eigenvalue weighted by Gasteiger charge is 2.27. The Kier molecular flexibility index (Phi) is 6.34. The summed E-state index contributed by atoms with van der Waals surface area (Å²) in [6, 6.07) is 10.6. The van der Waals surface area contributed by atoms with Crippen LogP contribution in [-0.4, -0.2) is 49.3 Å². The average molecular weight is 522 g/mol. The molecule has 37 heavy (non-hydrogen) atoms. The lowest BCUT2D eigenvalue weighted by atomic mass is 10.1. The van der Waals surface area contributed by atoms with Gasteiger partial charge in [0.2, 0.25) is 5.91 Å². The van der Waals surface area contributed by atoms with Gasteiger partial charge in [-0.15, -0.1) is 0 Å². The zero-order chi connectivity index (χ0) is 25.5. The molecule has 2 aliphatic carbocycles. The number of hydrogen-bond donors (Lipinski definition) is 2. The highest BCUT2D eigenvalue weighted by molar-refractivity contribution is 6.32. The summed E-state index contributed by atoms with van der Waals surface area (Å²) in [5.74, 6) is 0.922. The molecule has 0 saturated heterocycles. The predicted molar refractivity (Wildman–Crippen MR) is 140 cm³/mol. The molecule has 10 heteroatoms. The van der Waals surface area contributed by atoms with Crippen molar-refractivity contribution in [2.75, 3.05) is 6.61 Å². The first-order valence-corrected chi connectivity index (χ1v) is 13.1. The van der Waals surface area contributed by atoms with Crippen molar-refractivity contribution >= 4 is 39.2 Å². The summed E-state index contributed by atoms with van der Waals surface area (Å²) in [4.78, 5) is 25.8. The summed E-state index contributed by atoms with van der Waals surface area (Å²) in [6.45, 7) is 0.747. The van der Waals surface area contributed by atoms with Gasteiger partial charge in [0, 0.05) is 17.0 Å². The van der Waals surface area contributed by atoms with E-state index in [1.54, 1.807) is 22.9 Å². The van der Waals surface area contributed by atoms with Crippen LogP contribution in [0.1, 0.15) is 37.8 Å². The second kappa shape index (κ2) is 9.79. The number of amides is 1. The molecule has 2 saturated carbocycles. The number of rotatable bonds is 8. The second-order valence-electron chi connectivity index (χ2n) is 10.0. The summed E-state index contributed by atoms with van der Waals surface area (Å²) in [5.41, 5.74) is 1.01. The SMILES string of the molecule is O=C(Cn1nc(Cn2cc3cc(OCC4CC4)c(Cl)cc3n2)c2ccccc2c1=O)N[C@H]1CCC[C@@H]1O. The molecule has 192 valence electrons. The van der Waals surface area contributed by atoms with Gasteiger partial charge in [-0.25, -0.2) is 4.68 Å². The Hall–Kier alpha value is -3.43. The van der Waals surface area contributed by atoms with Gasteiger partial charge in [0.1, 0.15) is 12.3 Å². The third-order valence-electron chi connectivity index (χ3n) is 7.15. The van der Waals surface area contributed by atoms with Crippen molar-refractivity contribution in [2.24, 2.45) is 5.92 Å². The van der Waals surface area contributed by atoms with Crippen molar-refractivity contribution in [2.45, 2.75) is 57.3 Å². The number of nitrogens with zero attached hydrogens (tertiary/aromatic N) is 4. The van der Waals surface area contributed by atoms with Gasteiger partial charge in [-0.1, -0.05) is 29.8 Å². The van der Waals surface area contributed by atoms with Crippen LogP contribution in [-0.2, 0) is 17.9 Å². The number of halogens is 1. The molecule has 1 amide bonds. The summed E-state index contributed by atoms with van der Waals surface area (Å²) in [6.07, 6.45) is 6.00. The fraction of sp³-hybridized carbons (Fsp3) is 0.407. The number of ether oxygens (including phenoxy) is 1. The van der Waals surface area contributed by atoms with E-state index in [2.05, 4.69) is 15.5 Å². The number of hydrogen-bond acceptors (Lipinski definition) is 6. The molecule has 9 nitrogen and oxygen atoms in total. The first-order valence-electron chi connectivity index (χ1n) is 12.7. The second-order valence-corrected chi connectivity index (χ2v) is 10.5. The van der Waals surface area contributed by atoms with Gasteiger partial charge < -0.3 is 15.2 Å². The number of carbonyl (C=O) groups excluding carboxylic acids is 1. The molecule has 2 N–H and O–H groups in total. The highest BCUT2D eigenvalue weighted by Crippen LogP contribution is 2.34. The Balaban J connectivity index is 1.28. The van der Waals surface area contributed by atoms with E-state index >= 15 is 0 Å². The Morgan fingerprint density at radius 2 is 1.95 bits per heavy atom. The van der Waals surface area contributed by atoms with E-state index in [4.69, 9.17) is 16.3 Å². The molecule has 0 bridgehead atoms. The lowest BCUT2D eigenvalue weighted by molar-refractivity contribution is -0.123. The van der Waals surface area contributed by atoms with E-state index in [-0.39, 0.29) is 24.1 Å². The van der Waals surface area contributed by atoms with Crippen LogP contribution in [0.25, 0.3) is 21.7 Å². The summed E-state index contributed by atoms with van der Waals surface area (Å²) in [5, 5.41) is 24.7. The Morgan fingerprint density at radius 1 is 1.14 bits per heavy atom. The fourth-order valence-corrected chi connectivity index (χ4v) is 5.15. The molecule has 2 aromatic carbocycles. The summed E-state index contributed by atoms with van der Waals surface area (Å²) in [7, 11) is 0. The Labute approximate surface area is 218 Å². The minimum absolute atomic E-state index is 0.224. The quantitative estimate of drug-likeness (QED) is 0.368. The largest absolute Gasteiger partial charge is 0.492 e. The molecule has 0 spiro atoms. The van der Waals surface area contributed by atoms with Crippen LogP contribution in [0.2, 0.25) is 5.02 Å². The maximum absolute atomic E-state index is 13.1. The third kappa shape index (κ3) is 5.06. The molecule has 4 aromatic rings. The Morgan fingerprint density at radius 3 is 2.70 bits per heavy atom. The maximum Gasteiger partial charge on any atom is 0.275 e. The lowest BCUT2D eigenvalue weighted by Crippen LogP contribution is -2.43. The predicted octanol–water partition coefficient (Wildman–Crippen LogP) is 3.27. The number of aromatic nitrogens is 4. The van der Waals surface area contributed by atoms with Crippen molar-refractivity contribution in [3.63, 3.8) is 0 Å². The van der Waals surface area contributed by atoms with Crippen LogP contribution < -0.4 is 15.6 Å². The molecule has 0 aliphatic heterocycles. The van der Waals surface area contributed by atoms with Crippen LogP contribution in [0.3, 0.4) is 0 Å². The molecule has 2 atom stereocenters. The topological polar surface area (TPSA) is 111 Å². The van der Waals surface area contributed by atoms with Crippen LogP contribution in [0.4, 0.5) is 0 Å². The molecule has 2 heterocycles. The van der Waals surface area contributed by atoms with Gasteiger partial charge in [0.25, 0.3) is 5.56 Å². The van der Waals surface area contributed by atoms with Crippen molar-refractivity contribution in [1.82, 2.24) is 24.9 Å². The monoisotopic (exact) mass is 521 g/mol. The lowest BCUT2D eigenvalue weighted by Gasteiger charge is -2.17. The molecular weight excluding hydrogens is 494 g/mol. The van der Waals surface area contributed by atoms with E-state index in [9.17, 15) is 14.7 Å². The zero-order valence-electron chi connectivity index (χ0n) is 20.3. The summed E-state index contributed by atoms with van der Waals surface area (Å²) < 4.78 is 8.85. The van der Waals surface area contributed by atoms with Gasteiger partial charge in [-0.2, -0.15) is 10.2 Å². The van der Waals surface area contributed by atoms with Crippen LogP contribution in [0.5, 0.6) is 5.75 Å². The molecule has 2 fully saturated rings. The zero-order valence-corrected chi connectivity index (χ0v) is 21.0. The number of benzene rings is 2. The van der Waals surface area contributed by atoms with Crippen molar-refractivity contribution < 1.29 is 14.6 Å².